The molecule has 1 aromatic heterocycles. The van der Waals surface area contributed by atoms with Gasteiger partial charge in [0.15, 0.2) is 6.04 Å². The smallest absolute Gasteiger partial charge is 0.330 e. The maximum Gasteiger partial charge on any atom is 0.330 e. The number of aryl methyl sites for hydroxylation is 2. The van der Waals surface area contributed by atoms with Crippen molar-refractivity contribution in [1.29, 1.82) is 0 Å². The summed E-state index contributed by atoms with van der Waals surface area (Å²) in [6, 6.07) is 7.56. The minimum atomic E-state index is -1.09. The first-order valence-corrected chi connectivity index (χ1v) is 8.37. The van der Waals surface area contributed by atoms with E-state index in [4.69, 9.17) is 0 Å². The van der Waals surface area contributed by atoms with E-state index >= 15 is 0 Å². The van der Waals surface area contributed by atoms with E-state index in [0.717, 1.165) is 15.9 Å². The number of hydrogen-bond acceptors (Lipinski definition) is 3. The second-order valence-corrected chi connectivity index (χ2v) is 6.73. The normalized spacial score (nSPS) is 13.3. The summed E-state index contributed by atoms with van der Waals surface area (Å²) < 4.78 is 2.63. The minimum absolute atomic E-state index is 0.155. The van der Waals surface area contributed by atoms with Gasteiger partial charge >= 0.3 is 5.97 Å². The molecule has 1 heterocycles. The van der Waals surface area contributed by atoms with Gasteiger partial charge in [0.05, 0.1) is 11.7 Å². The van der Waals surface area contributed by atoms with E-state index in [1.165, 1.54) is 0 Å². The third kappa shape index (κ3) is 4.44. The lowest BCUT2D eigenvalue weighted by atomic mass is 10.1. The maximum atomic E-state index is 12.3. The standard InChI is InChI=1S/C17H20BrN3O3/c1-10-8-11(2)21(20-10)12(3)9-15(22)19-16(17(23)24)13-4-6-14(18)7-5-13/h4-8,12,16H,9H2,1-3H3,(H,19,22)(H,23,24). The summed E-state index contributed by atoms with van der Waals surface area (Å²) >= 11 is 3.31. The minimum Gasteiger partial charge on any atom is -0.479 e. The second-order valence-electron chi connectivity index (χ2n) is 5.82. The van der Waals surface area contributed by atoms with Crippen LogP contribution in [0.4, 0.5) is 0 Å². The number of benzene rings is 1. The first-order chi connectivity index (χ1) is 11.3. The number of hydrogen-bond donors (Lipinski definition) is 2. The Bertz CT molecular complexity index is 740. The Kier molecular flexibility index (Phi) is 5.77. The molecule has 0 aliphatic carbocycles. The molecule has 128 valence electrons. The van der Waals surface area contributed by atoms with Crippen molar-refractivity contribution in [1.82, 2.24) is 15.1 Å². The maximum absolute atomic E-state index is 12.3. The molecule has 0 bridgehead atoms. The molecule has 24 heavy (non-hydrogen) atoms. The van der Waals surface area contributed by atoms with Gasteiger partial charge in [0.1, 0.15) is 0 Å². The van der Waals surface area contributed by atoms with Gasteiger partial charge in [0.25, 0.3) is 0 Å². The number of aromatic nitrogens is 2. The third-order valence-electron chi connectivity index (χ3n) is 3.70. The lowest BCUT2D eigenvalue weighted by Gasteiger charge is -2.18. The van der Waals surface area contributed by atoms with Crippen LogP contribution in [0.1, 0.15) is 42.4 Å². The molecule has 2 atom stereocenters. The fourth-order valence-corrected chi connectivity index (χ4v) is 2.87. The predicted octanol–water partition coefficient (Wildman–Crippen LogP) is 3.16. The lowest BCUT2D eigenvalue weighted by molar-refractivity contribution is -0.142. The number of carboxylic acid groups (broad SMARTS) is 1. The van der Waals surface area contributed by atoms with E-state index < -0.39 is 12.0 Å². The molecule has 0 saturated carbocycles. The third-order valence-corrected chi connectivity index (χ3v) is 4.23. The van der Waals surface area contributed by atoms with Crippen LogP contribution in [0.25, 0.3) is 0 Å². The van der Waals surface area contributed by atoms with Crippen molar-refractivity contribution in [2.45, 2.75) is 39.3 Å². The van der Waals surface area contributed by atoms with Gasteiger partial charge < -0.3 is 10.4 Å². The summed E-state index contributed by atoms with van der Waals surface area (Å²) in [5, 5.41) is 16.3. The quantitative estimate of drug-likeness (QED) is 0.789. The predicted molar refractivity (Wildman–Crippen MR) is 93.7 cm³/mol. The van der Waals surface area contributed by atoms with Crippen molar-refractivity contribution < 1.29 is 14.7 Å². The highest BCUT2D eigenvalue weighted by Gasteiger charge is 2.23. The number of nitrogens with zero attached hydrogens (tertiary/aromatic N) is 2. The molecule has 6 nitrogen and oxygen atoms in total. The molecule has 7 heteroatoms. The molecule has 2 rings (SSSR count). The zero-order valence-electron chi connectivity index (χ0n) is 13.8. The Labute approximate surface area is 149 Å². The van der Waals surface area contributed by atoms with Crippen LogP contribution in [0, 0.1) is 13.8 Å². The van der Waals surface area contributed by atoms with Crippen LogP contribution in [0.2, 0.25) is 0 Å². The highest BCUT2D eigenvalue weighted by molar-refractivity contribution is 9.10. The second kappa shape index (κ2) is 7.61. The summed E-state index contributed by atoms with van der Waals surface area (Å²) in [6.07, 6.45) is 0.155. The first-order valence-electron chi connectivity index (χ1n) is 7.58. The first kappa shape index (κ1) is 18.2. The van der Waals surface area contributed by atoms with Crippen molar-refractivity contribution in [2.75, 3.05) is 0 Å². The monoisotopic (exact) mass is 393 g/mol. The largest absolute Gasteiger partial charge is 0.479 e. The SMILES string of the molecule is Cc1cc(C)n(C(C)CC(=O)NC(C(=O)O)c2ccc(Br)cc2)n1. The molecular weight excluding hydrogens is 374 g/mol. The van der Waals surface area contributed by atoms with Crippen LogP contribution in [0.3, 0.4) is 0 Å². The van der Waals surface area contributed by atoms with Crippen molar-refractivity contribution >= 4 is 27.8 Å². The molecule has 0 aliphatic heterocycles. The van der Waals surface area contributed by atoms with Gasteiger partial charge in [0, 0.05) is 16.6 Å². The summed E-state index contributed by atoms with van der Waals surface area (Å²) in [5.41, 5.74) is 2.38. The number of carbonyl (C=O) groups excluding carboxylic acids is 1. The zero-order valence-corrected chi connectivity index (χ0v) is 15.4. The Morgan fingerprint density at radius 1 is 1.29 bits per heavy atom. The molecule has 0 fully saturated rings. The Balaban J connectivity index is 2.07. The van der Waals surface area contributed by atoms with Gasteiger partial charge in [-0.1, -0.05) is 28.1 Å². The number of amides is 1. The highest BCUT2D eigenvalue weighted by Crippen LogP contribution is 2.19. The molecule has 2 N–H and O–H groups in total. The van der Waals surface area contributed by atoms with E-state index in [-0.39, 0.29) is 18.4 Å². The van der Waals surface area contributed by atoms with E-state index in [0.29, 0.717) is 5.56 Å². The molecule has 1 amide bonds. The van der Waals surface area contributed by atoms with Crippen molar-refractivity contribution in [3.05, 3.63) is 51.8 Å². The lowest BCUT2D eigenvalue weighted by Crippen LogP contribution is -2.34. The molecule has 0 radical (unpaired) electrons. The zero-order chi connectivity index (χ0) is 17.9. The van der Waals surface area contributed by atoms with Crippen LogP contribution in [-0.4, -0.2) is 26.8 Å². The molecule has 0 spiro atoms. The van der Waals surface area contributed by atoms with Gasteiger partial charge in [-0.05, 0) is 44.5 Å². The fourth-order valence-electron chi connectivity index (χ4n) is 2.61. The number of nitrogens with one attached hydrogen (secondary N) is 1. The summed E-state index contributed by atoms with van der Waals surface area (Å²) in [5.74, 6) is -1.42. The van der Waals surface area contributed by atoms with Crippen LogP contribution in [0.15, 0.2) is 34.8 Å². The van der Waals surface area contributed by atoms with Crippen LogP contribution in [0.5, 0.6) is 0 Å². The average Bonchev–Trinajstić information content (AvgIpc) is 2.84. The summed E-state index contributed by atoms with van der Waals surface area (Å²) in [7, 11) is 0. The van der Waals surface area contributed by atoms with Crippen LogP contribution >= 0.6 is 15.9 Å². The molecule has 0 aliphatic rings. The number of carboxylic acids is 1. The van der Waals surface area contributed by atoms with Crippen LogP contribution in [-0.2, 0) is 9.59 Å². The highest BCUT2D eigenvalue weighted by atomic mass is 79.9. The Hall–Kier alpha value is -2.15. The topological polar surface area (TPSA) is 84.2 Å². The Morgan fingerprint density at radius 3 is 2.42 bits per heavy atom. The van der Waals surface area contributed by atoms with Crippen molar-refractivity contribution in [2.24, 2.45) is 0 Å². The number of halogens is 1. The van der Waals surface area contributed by atoms with Gasteiger partial charge in [-0.3, -0.25) is 9.48 Å². The number of rotatable bonds is 6. The molecule has 1 aromatic carbocycles. The average molecular weight is 394 g/mol. The summed E-state index contributed by atoms with van der Waals surface area (Å²) in [6.45, 7) is 5.70. The van der Waals surface area contributed by atoms with E-state index in [2.05, 4.69) is 26.3 Å². The number of aliphatic carboxylic acids is 1. The van der Waals surface area contributed by atoms with E-state index in [9.17, 15) is 14.7 Å². The molecule has 2 unspecified atom stereocenters. The van der Waals surface area contributed by atoms with Gasteiger partial charge in [-0.15, -0.1) is 0 Å². The number of carbonyl (C=O) groups is 2. The van der Waals surface area contributed by atoms with Gasteiger partial charge in [0.2, 0.25) is 5.91 Å². The summed E-state index contributed by atoms with van der Waals surface area (Å²) in [4.78, 5) is 23.8. The van der Waals surface area contributed by atoms with E-state index in [1.807, 2.05) is 26.8 Å². The van der Waals surface area contributed by atoms with Crippen LogP contribution < -0.4 is 5.32 Å². The van der Waals surface area contributed by atoms with E-state index in [1.54, 1.807) is 28.9 Å². The van der Waals surface area contributed by atoms with Crippen molar-refractivity contribution in [3.63, 3.8) is 0 Å². The molecule has 2 aromatic rings. The molecular formula is C17H20BrN3O3. The fraction of sp³-hybridized carbons (Fsp3) is 0.353. The van der Waals surface area contributed by atoms with Gasteiger partial charge in [-0.2, -0.15) is 5.10 Å². The molecule has 0 saturated heterocycles. The Morgan fingerprint density at radius 2 is 1.92 bits per heavy atom. The van der Waals surface area contributed by atoms with Crippen molar-refractivity contribution in [3.8, 4) is 0 Å². The van der Waals surface area contributed by atoms with Gasteiger partial charge in [-0.25, -0.2) is 4.79 Å².